The zero-order chi connectivity index (χ0) is 7.40. The Labute approximate surface area is 84.9 Å². The van der Waals surface area contributed by atoms with Crippen molar-refractivity contribution in [2.75, 3.05) is 7.11 Å². The van der Waals surface area contributed by atoms with Crippen molar-refractivity contribution in [3.05, 3.63) is 24.0 Å². The first-order valence-electron chi connectivity index (χ1n) is 2.91. The third kappa shape index (κ3) is 3.20. The van der Waals surface area contributed by atoms with Crippen LogP contribution in [0.25, 0.3) is 0 Å². The van der Waals surface area contributed by atoms with Crippen LogP contribution in [0.1, 0.15) is 5.69 Å². The lowest BCUT2D eigenvalue weighted by atomic mass is 10.4. The minimum atomic E-state index is 0. The summed E-state index contributed by atoms with van der Waals surface area (Å²) >= 11 is 3.30. The molecule has 0 amide bonds. The molecule has 4 heteroatoms. The first kappa shape index (κ1) is 10.9. The van der Waals surface area contributed by atoms with Gasteiger partial charge < -0.3 is 4.74 Å². The zero-order valence-corrected chi connectivity index (χ0v) is 9.38. The van der Waals surface area contributed by atoms with Crippen LogP contribution in [-0.4, -0.2) is 12.1 Å². The van der Waals surface area contributed by atoms with Gasteiger partial charge in [0.15, 0.2) is 0 Å². The largest absolute Gasteiger partial charge is 0.497 e. The van der Waals surface area contributed by atoms with Crippen LogP contribution in [0.2, 0.25) is 0 Å². The first-order chi connectivity index (χ1) is 4.86. The number of alkyl halides is 1. The highest BCUT2D eigenvalue weighted by Gasteiger charge is 1.92. The number of hydrogen-bond donors (Lipinski definition) is 0. The van der Waals surface area contributed by atoms with Crippen LogP contribution in [-0.2, 0) is 5.33 Å². The molecule has 0 saturated heterocycles. The second kappa shape index (κ2) is 5.55. The van der Waals surface area contributed by atoms with Crippen molar-refractivity contribution in [1.29, 1.82) is 0 Å². The van der Waals surface area contributed by atoms with Gasteiger partial charge in [-0.05, 0) is 6.07 Å². The Kier molecular flexibility index (Phi) is 5.50. The molecule has 1 rings (SSSR count). The van der Waals surface area contributed by atoms with Gasteiger partial charge in [-0.3, -0.25) is 4.98 Å². The summed E-state index contributed by atoms with van der Waals surface area (Å²) < 4.78 is 5.00. The Balaban J connectivity index is 0.000001000. The summed E-state index contributed by atoms with van der Waals surface area (Å²) in [6.45, 7) is 0. The number of ether oxygens (including phenoxy) is 1. The lowest BCUT2D eigenvalue weighted by molar-refractivity contribution is 0.414. The van der Waals surface area contributed by atoms with Crippen molar-refractivity contribution in [1.82, 2.24) is 4.98 Å². The molecule has 2 nitrogen and oxygen atoms in total. The van der Waals surface area contributed by atoms with Crippen LogP contribution in [0, 0.1) is 0 Å². The second-order valence-corrected chi connectivity index (χ2v) is 2.38. The van der Waals surface area contributed by atoms with Gasteiger partial charge in [-0.25, -0.2) is 0 Å². The zero-order valence-electron chi connectivity index (χ0n) is 6.08. The summed E-state index contributed by atoms with van der Waals surface area (Å²) in [6.07, 6.45) is 1.73. The van der Waals surface area contributed by atoms with Crippen LogP contribution < -0.4 is 4.74 Å². The van der Waals surface area contributed by atoms with E-state index >= 15 is 0 Å². The minimum absolute atomic E-state index is 0. The molecule has 0 saturated carbocycles. The normalized spacial score (nSPS) is 8.55. The smallest absolute Gasteiger partial charge is 0.122 e. The molecule has 1 aromatic rings. The van der Waals surface area contributed by atoms with Crippen LogP contribution in [0.3, 0.4) is 0 Å². The molecule has 1 heterocycles. The molecule has 0 radical (unpaired) electrons. The van der Waals surface area contributed by atoms with Crippen molar-refractivity contribution in [2.24, 2.45) is 0 Å². The third-order valence-corrected chi connectivity index (χ3v) is 1.74. The number of nitrogens with zero attached hydrogens (tertiary/aromatic N) is 1. The van der Waals surface area contributed by atoms with E-state index in [0.29, 0.717) is 0 Å². The van der Waals surface area contributed by atoms with E-state index < -0.39 is 0 Å². The van der Waals surface area contributed by atoms with E-state index in [-0.39, 0.29) is 17.0 Å². The highest BCUT2D eigenvalue weighted by Crippen LogP contribution is 2.11. The molecular formula is C7H9Br2NO. The van der Waals surface area contributed by atoms with Gasteiger partial charge >= 0.3 is 0 Å². The molecule has 0 aliphatic rings. The van der Waals surface area contributed by atoms with Gasteiger partial charge in [0, 0.05) is 17.6 Å². The predicted octanol–water partition coefficient (Wildman–Crippen LogP) is 2.56. The summed E-state index contributed by atoms with van der Waals surface area (Å²) in [4.78, 5) is 4.08. The Morgan fingerprint density at radius 1 is 1.64 bits per heavy atom. The molecule has 0 aliphatic carbocycles. The molecule has 0 N–H and O–H groups in total. The molecule has 0 fully saturated rings. The number of methoxy groups -OCH3 is 1. The Hall–Kier alpha value is -0.0900. The Morgan fingerprint density at radius 2 is 2.36 bits per heavy atom. The van der Waals surface area contributed by atoms with E-state index in [1.165, 1.54) is 0 Å². The topological polar surface area (TPSA) is 22.1 Å². The summed E-state index contributed by atoms with van der Waals surface area (Å²) in [5, 5.41) is 0.768. The number of aromatic nitrogens is 1. The summed E-state index contributed by atoms with van der Waals surface area (Å²) in [5.41, 5.74) is 0.986. The molecule has 0 atom stereocenters. The predicted molar refractivity (Wildman–Crippen MR) is 53.7 cm³/mol. The quantitative estimate of drug-likeness (QED) is 0.778. The fourth-order valence-electron chi connectivity index (χ4n) is 0.656. The van der Waals surface area contributed by atoms with Crippen molar-refractivity contribution >= 4 is 32.9 Å². The molecule has 62 valence electrons. The average Bonchev–Trinajstić information content (AvgIpc) is 2.05. The number of halogens is 2. The summed E-state index contributed by atoms with van der Waals surface area (Å²) in [7, 11) is 1.65. The van der Waals surface area contributed by atoms with Crippen LogP contribution in [0.4, 0.5) is 0 Å². The summed E-state index contributed by atoms with van der Waals surface area (Å²) in [5.74, 6) is 0.851. The molecule has 0 spiro atoms. The van der Waals surface area contributed by atoms with E-state index in [0.717, 1.165) is 16.8 Å². The van der Waals surface area contributed by atoms with Crippen molar-refractivity contribution in [3.8, 4) is 5.75 Å². The molecule has 0 unspecified atom stereocenters. The van der Waals surface area contributed by atoms with Gasteiger partial charge in [0.1, 0.15) is 5.75 Å². The Morgan fingerprint density at radius 3 is 2.91 bits per heavy atom. The van der Waals surface area contributed by atoms with E-state index in [9.17, 15) is 0 Å². The van der Waals surface area contributed by atoms with E-state index in [1.54, 1.807) is 13.3 Å². The van der Waals surface area contributed by atoms with Gasteiger partial charge in [-0.15, -0.1) is 17.0 Å². The molecule has 11 heavy (non-hydrogen) atoms. The third-order valence-electron chi connectivity index (χ3n) is 1.16. The van der Waals surface area contributed by atoms with Crippen molar-refractivity contribution in [2.45, 2.75) is 5.33 Å². The SMILES string of the molecule is Br.COc1ccnc(CBr)c1. The van der Waals surface area contributed by atoms with E-state index in [2.05, 4.69) is 20.9 Å². The van der Waals surface area contributed by atoms with Crippen molar-refractivity contribution < 1.29 is 4.74 Å². The van der Waals surface area contributed by atoms with Gasteiger partial charge in [0.05, 0.1) is 12.8 Å². The Bertz CT molecular complexity index is 198. The summed E-state index contributed by atoms with van der Waals surface area (Å²) in [6, 6.07) is 3.72. The highest BCUT2D eigenvalue weighted by molar-refractivity contribution is 9.08. The maximum atomic E-state index is 5.00. The standard InChI is InChI=1S/C7H8BrNO.BrH/c1-10-7-2-3-9-6(4-7)5-8;/h2-4H,5H2,1H3;1H. The second-order valence-electron chi connectivity index (χ2n) is 1.82. The van der Waals surface area contributed by atoms with Gasteiger partial charge in [0.25, 0.3) is 0 Å². The van der Waals surface area contributed by atoms with Crippen LogP contribution >= 0.6 is 32.9 Å². The van der Waals surface area contributed by atoms with Crippen molar-refractivity contribution in [3.63, 3.8) is 0 Å². The molecule has 1 aromatic heterocycles. The number of hydrogen-bond acceptors (Lipinski definition) is 2. The molecule has 0 aromatic carbocycles. The first-order valence-corrected chi connectivity index (χ1v) is 4.04. The van der Waals surface area contributed by atoms with Gasteiger partial charge in [0.2, 0.25) is 0 Å². The molecule has 0 bridgehead atoms. The maximum absolute atomic E-state index is 5.00. The molecular weight excluding hydrogens is 274 g/mol. The fourth-order valence-corrected chi connectivity index (χ4v) is 0.963. The number of rotatable bonds is 2. The lowest BCUT2D eigenvalue weighted by Crippen LogP contribution is -1.87. The average molecular weight is 283 g/mol. The van der Waals surface area contributed by atoms with Crippen LogP contribution in [0.15, 0.2) is 18.3 Å². The van der Waals surface area contributed by atoms with Crippen LogP contribution in [0.5, 0.6) is 5.75 Å². The highest BCUT2D eigenvalue weighted by atomic mass is 79.9. The number of pyridine rings is 1. The van der Waals surface area contributed by atoms with Gasteiger partial charge in [-0.2, -0.15) is 0 Å². The fraction of sp³-hybridized carbons (Fsp3) is 0.286. The monoisotopic (exact) mass is 281 g/mol. The van der Waals surface area contributed by atoms with Gasteiger partial charge in [-0.1, -0.05) is 15.9 Å². The molecule has 0 aliphatic heterocycles. The minimum Gasteiger partial charge on any atom is -0.497 e. The lowest BCUT2D eigenvalue weighted by Gasteiger charge is -1.98. The maximum Gasteiger partial charge on any atom is 0.122 e. The van der Waals surface area contributed by atoms with E-state index in [4.69, 9.17) is 4.74 Å². The van der Waals surface area contributed by atoms with E-state index in [1.807, 2.05) is 12.1 Å².